The zero-order valence-electron chi connectivity index (χ0n) is 15.6. The van der Waals surface area contributed by atoms with Crippen molar-refractivity contribution in [3.63, 3.8) is 0 Å². The Morgan fingerprint density at radius 1 is 0.429 bits per heavy atom. The first-order valence-electron chi connectivity index (χ1n) is 10.3. The first-order valence-corrected chi connectivity index (χ1v) is 10.3. The zero-order valence-corrected chi connectivity index (χ0v) is 15.6. The zero-order chi connectivity index (χ0) is 15.6. The summed E-state index contributed by atoms with van der Waals surface area (Å²) in [6, 6.07) is 0. The summed E-state index contributed by atoms with van der Waals surface area (Å²) in [6.07, 6.45) is 24.8. The molecule has 0 aromatic carbocycles. The second-order valence-corrected chi connectivity index (χ2v) is 7.07. The molecule has 0 aromatic rings. The lowest BCUT2D eigenvalue weighted by atomic mass is 9.95. The van der Waals surface area contributed by atoms with Gasteiger partial charge in [-0.3, -0.25) is 0 Å². The van der Waals surface area contributed by atoms with E-state index in [1.165, 1.54) is 109 Å². The molecular weight excluding hydrogens is 252 g/mol. The Hall–Kier alpha value is 0. The molecule has 0 aliphatic carbocycles. The smallest absolute Gasteiger partial charge is 0.0420 e. The molecule has 0 aliphatic heterocycles. The minimum atomic E-state index is 1.00. The van der Waals surface area contributed by atoms with Gasteiger partial charge < -0.3 is 0 Å². The maximum absolute atomic E-state index is 2.35. The Bertz CT molecular complexity index is 169. The maximum atomic E-state index is 2.35. The molecule has 0 rings (SSSR count). The first-order chi connectivity index (χ1) is 10.3. The molecule has 21 heavy (non-hydrogen) atoms. The lowest BCUT2D eigenvalue weighted by Crippen LogP contribution is -1.96. The van der Waals surface area contributed by atoms with Crippen LogP contribution in [-0.4, -0.2) is 0 Å². The van der Waals surface area contributed by atoms with Gasteiger partial charge in [0.15, 0.2) is 0 Å². The quantitative estimate of drug-likeness (QED) is 0.237. The molecule has 0 fully saturated rings. The molecule has 0 amide bonds. The fraction of sp³-hybridized carbons (Fsp3) is 1.00. The van der Waals surface area contributed by atoms with E-state index >= 15 is 0 Å². The van der Waals surface area contributed by atoms with Crippen molar-refractivity contribution in [1.29, 1.82) is 0 Å². The van der Waals surface area contributed by atoms with Crippen LogP contribution in [0.4, 0.5) is 0 Å². The minimum absolute atomic E-state index is 1.00. The number of hydrogen-bond donors (Lipinski definition) is 0. The summed E-state index contributed by atoms with van der Waals surface area (Å²) < 4.78 is 0. The van der Waals surface area contributed by atoms with Gasteiger partial charge in [0, 0.05) is 0 Å². The van der Waals surface area contributed by atoms with E-state index in [1.807, 2.05) is 0 Å². The van der Waals surface area contributed by atoms with Gasteiger partial charge in [0.05, 0.1) is 0 Å². The molecule has 0 aromatic heterocycles. The SMILES string of the molecule is CCCCCCCCCCCCCCCCC(CC)CC. The van der Waals surface area contributed by atoms with Crippen molar-refractivity contribution in [3.8, 4) is 0 Å². The van der Waals surface area contributed by atoms with Crippen LogP contribution in [0.15, 0.2) is 0 Å². The van der Waals surface area contributed by atoms with Gasteiger partial charge in [0.25, 0.3) is 0 Å². The second kappa shape index (κ2) is 18.1. The molecule has 0 atom stereocenters. The van der Waals surface area contributed by atoms with E-state index in [0.717, 1.165) is 5.92 Å². The van der Waals surface area contributed by atoms with Crippen molar-refractivity contribution >= 4 is 0 Å². The summed E-state index contributed by atoms with van der Waals surface area (Å²) in [4.78, 5) is 0. The first kappa shape index (κ1) is 21.0. The molecule has 0 heteroatoms. The van der Waals surface area contributed by atoms with Crippen LogP contribution < -0.4 is 0 Å². The van der Waals surface area contributed by atoms with Crippen LogP contribution in [0.5, 0.6) is 0 Å². The van der Waals surface area contributed by atoms with E-state index in [4.69, 9.17) is 0 Å². The highest BCUT2D eigenvalue weighted by molar-refractivity contribution is 4.55. The van der Waals surface area contributed by atoms with Gasteiger partial charge in [-0.1, -0.05) is 130 Å². The van der Waals surface area contributed by atoms with Gasteiger partial charge in [-0.15, -0.1) is 0 Å². The third kappa shape index (κ3) is 16.2. The van der Waals surface area contributed by atoms with Gasteiger partial charge in [-0.2, -0.15) is 0 Å². The monoisotopic (exact) mass is 296 g/mol. The van der Waals surface area contributed by atoms with Gasteiger partial charge in [-0.05, 0) is 5.92 Å². The fourth-order valence-electron chi connectivity index (χ4n) is 3.32. The molecule has 0 saturated heterocycles. The highest BCUT2D eigenvalue weighted by Gasteiger charge is 2.02. The van der Waals surface area contributed by atoms with Crippen LogP contribution in [0.25, 0.3) is 0 Å². The average molecular weight is 297 g/mol. The van der Waals surface area contributed by atoms with Crippen LogP contribution in [0.3, 0.4) is 0 Å². The van der Waals surface area contributed by atoms with Crippen molar-refractivity contribution < 1.29 is 0 Å². The highest BCUT2D eigenvalue weighted by atomic mass is 14.1. The van der Waals surface area contributed by atoms with Gasteiger partial charge >= 0.3 is 0 Å². The summed E-state index contributed by atoms with van der Waals surface area (Å²) in [6.45, 7) is 6.99. The van der Waals surface area contributed by atoms with Gasteiger partial charge in [-0.25, -0.2) is 0 Å². The Labute approximate surface area is 136 Å². The maximum Gasteiger partial charge on any atom is -0.0420 e. The normalized spacial score (nSPS) is 11.4. The van der Waals surface area contributed by atoms with E-state index in [0.29, 0.717) is 0 Å². The van der Waals surface area contributed by atoms with E-state index in [2.05, 4.69) is 20.8 Å². The molecule has 0 radical (unpaired) electrons. The van der Waals surface area contributed by atoms with Gasteiger partial charge in [0.1, 0.15) is 0 Å². The van der Waals surface area contributed by atoms with Crippen LogP contribution in [0, 0.1) is 5.92 Å². The minimum Gasteiger partial charge on any atom is -0.0654 e. The van der Waals surface area contributed by atoms with Crippen LogP contribution in [0.2, 0.25) is 0 Å². The molecule has 0 N–H and O–H groups in total. The average Bonchev–Trinajstić information content (AvgIpc) is 2.51. The Balaban J connectivity index is 3.02. The summed E-state index contributed by atoms with van der Waals surface area (Å²) >= 11 is 0. The third-order valence-electron chi connectivity index (χ3n) is 5.12. The van der Waals surface area contributed by atoms with Crippen LogP contribution in [-0.2, 0) is 0 Å². The van der Waals surface area contributed by atoms with E-state index in [1.54, 1.807) is 0 Å². The van der Waals surface area contributed by atoms with Crippen LogP contribution >= 0.6 is 0 Å². The topological polar surface area (TPSA) is 0 Å². The van der Waals surface area contributed by atoms with Crippen LogP contribution in [0.1, 0.15) is 130 Å². The summed E-state index contributed by atoms with van der Waals surface area (Å²) in [7, 11) is 0. The Kier molecular flexibility index (Phi) is 18.1. The van der Waals surface area contributed by atoms with Crippen molar-refractivity contribution in [2.45, 2.75) is 130 Å². The molecule has 0 unspecified atom stereocenters. The number of hydrogen-bond acceptors (Lipinski definition) is 0. The summed E-state index contributed by atoms with van der Waals surface area (Å²) in [5.74, 6) is 1.00. The lowest BCUT2D eigenvalue weighted by molar-refractivity contribution is 0.426. The predicted molar refractivity (Wildman–Crippen MR) is 99.0 cm³/mol. The van der Waals surface area contributed by atoms with Crippen molar-refractivity contribution in [2.75, 3.05) is 0 Å². The molecule has 0 saturated carbocycles. The molecule has 0 heterocycles. The molecule has 0 bridgehead atoms. The Morgan fingerprint density at radius 2 is 0.762 bits per heavy atom. The largest absolute Gasteiger partial charge is 0.0654 e. The van der Waals surface area contributed by atoms with Crippen molar-refractivity contribution in [1.82, 2.24) is 0 Å². The molecule has 0 nitrogen and oxygen atoms in total. The molecular formula is C21H44. The highest BCUT2D eigenvalue weighted by Crippen LogP contribution is 2.18. The van der Waals surface area contributed by atoms with Crippen molar-refractivity contribution in [2.24, 2.45) is 5.92 Å². The fourth-order valence-corrected chi connectivity index (χ4v) is 3.32. The number of rotatable bonds is 17. The van der Waals surface area contributed by atoms with Gasteiger partial charge in [0.2, 0.25) is 0 Å². The third-order valence-corrected chi connectivity index (χ3v) is 5.12. The lowest BCUT2D eigenvalue weighted by Gasteiger charge is -2.11. The Morgan fingerprint density at radius 3 is 1.10 bits per heavy atom. The molecule has 128 valence electrons. The summed E-state index contributed by atoms with van der Waals surface area (Å²) in [5.41, 5.74) is 0. The molecule has 0 aliphatic rings. The number of unbranched alkanes of at least 4 members (excludes halogenated alkanes) is 13. The van der Waals surface area contributed by atoms with E-state index in [-0.39, 0.29) is 0 Å². The molecule has 0 spiro atoms. The predicted octanol–water partition coefficient (Wildman–Crippen LogP) is 8.29. The standard InChI is InChI=1S/C21H44/c1-4-7-8-9-10-11-12-13-14-15-16-17-18-19-20-21(5-2)6-3/h21H,4-20H2,1-3H3. The van der Waals surface area contributed by atoms with E-state index in [9.17, 15) is 0 Å². The second-order valence-electron chi connectivity index (χ2n) is 7.07. The van der Waals surface area contributed by atoms with Crippen molar-refractivity contribution in [3.05, 3.63) is 0 Å². The van der Waals surface area contributed by atoms with E-state index < -0.39 is 0 Å². The summed E-state index contributed by atoms with van der Waals surface area (Å²) in [5, 5.41) is 0.